The predicted molar refractivity (Wildman–Crippen MR) is 48.5 cm³/mol. The van der Waals surface area contributed by atoms with Crippen LogP contribution >= 0.6 is 0 Å². The molecule has 0 radical (unpaired) electrons. The third-order valence-corrected chi connectivity index (χ3v) is 1.73. The van der Waals surface area contributed by atoms with Crippen LogP contribution in [-0.4, -0.2) is 29.1 Å². The first-order valence-corrected chi connectivity index (χ1v) is 3.85. The van der Waals surface area contributed by atoms with E-state index in [1.165, 1.54) is 25.2 Å². The third-order valence-electron chi connectivity index (χ3n) is 1.73. The Bertz CT molecular complexity index is 386. The summed E-state index contributed by atoms with van der Waals surface area (Å²) in [6.45, 7) is 0. The first-order chi connectivity index (χ1) is 6.57. The summed E-state index contributed by atoms with van der Waals surface area (Å²) in [5.41, 5.74) is -0.438. The van der Waals surface area contributed by atoms with E-state index in [0.717, 1.165) is 0 Å². The van der Waals surface area contributed by atoms with Crippen LogP contribution in [0.2, 0.25) is 0 Å². The van der Waals surface area contributed by atoms with Crippen molar-refractivity contribution in [1.29, 1.82) is 0 Å². The number of nitrogens with one attached hydrogen (secondary N) is 1. The number of carbonyl (C=O) groups is 2. The molecule has 1 aromatic carbocycles. The summed E-state index contributed by atoms with van der Waals surface area (Å²) < 4.78 is 0. The zero-order chi connectivity index (χ0) is 10.7. The molecule has 0 saturated carbocycles. The molecule has 3 N–H and O–H groups in total. The average Bonchev–Trinajstić information content (AvgIpc) is 2.15. The molecule has 0 aliphatic carbocycles. The van der Waals surface area contributed by atoms with Crippen LogP contribution in [0.4, 0.5) is 0 Å². The fourth-order valence-electron chi connectivity index (χ4n) is 1.09. The van der Waals surface area contributed by atoms with Gasteiger partial charge in [0.05, 0.1) is 5.56 Å². The van der Waals surface area contributed by atoms with Crippen LogP contribution in [0.3, 0.4) is 0 Å². The van der Waals surface area contributed by atoms with E-state index in [1.54, 1.807) is 0 Å². The number of hydrogen-bond donors (Lipinski definition) is 3. The van der Waals surface area contributed by atoms with Gasteiger partial charge < -0.3 is 15.5 Å². The molecule has 0 fully saturated rings. The van der Waals surface area contributed by atoms with Crippen LogP contribution in [-0.2, 0) is 0 Å². The van der Waals surface area contributed by atoms with Gasteiger partial charge in [0, 0.05) is 7.05 Å². The van der Waals surface area contributed by atoms with Gasteiger partial charge in [-0.25, -0.2) is 4.79 Å². The number of carbonyl (C=O) groups excluding carboxylic acids is 1. The number of aromatic hydroxyl groups is 1. The van der Waals surface area contributed by atoms with E-state index in [2.05, 4.69) is 5.32 Å². The fraction of sp³-hybridized carbons (Fsp3) is 0.111. The molecule has 1 rings (SSSR count). The van der Waals surface area contributed by atoms with Gasteiger partial charge in [0.2, 0.25) is 0 Å². The second kappa shape index (κ2) is 3.78. The Balaban J connectivity index is 3.35. The molecule has 14 heavy (non-hydrogen) atoms. The van der Waals surface area contributed by atoms with Crippen LogP contribution in [0, 0.1) is 0 Å². The number of phenols is 1. The molecule has 0 heterocycles. The second-order valence-electron chi connectivity index (χ2n) is 2.58. The highest BCUT2D eigenvalue weighted by Gasteiger charge is 2.18. The molecule has 0 atom stereocenters. The van der Waals surface area contributed by atoms with Gasteiger partial charge >= 0.3 is 5.97 Å². The minimum atomic E-state index is -1.33. The van der Waals surface area contributed by atoms with E-state index in [1.807, 2.05) is 0 Å². The number of aromatic carboxylic acids is 1. The van der Waals surface area contributed by atoms with E-state index in [-0.39, 0.29) is 11.1 Å². The Morgan fingerprint density at radius 1 is 1.36 bits per heavy atom. The zero-order valence-corrected chi connectivity index (χ0v) is 7.44. The van der Waals surface area contributed by atoms with Crippen molar-refractivity contribution < 1.29 is 19.8 Å². The maximum absolute atomic E-state index is 11.2. The largest absolute Gasteiger partial charge is 0.507 e. The topological polar surface area (TPSA) is 86.6 Å². The molecule has 0 spiro atoms. The summed E-state index contributed by atoms with van der Waals surface area (Å²) in [4.78, 5) is 21.9. The van der Waals surface area contributed by atoms with Crippen molar-refractivity contribution in [2.45, 2.75) is 0 Å². The lowest BCUT2D eigenvalue weighted by atomic mass is 10.1. The summed E-state index contributed by atoms with van der Waals surface area (Å²) >= 11 is 0. The van der Waals surface area contributed by atoms with E-state index >= 15 is 0 Å². The van der Waals surface area contributed by atoms with Gasteiger partial charge in [-0.05, 0) is 12.1 Å². The average molecular weight is 195 g/mol. The maximum atomic E-state index is 11.2. The number of benzene rings is 1. The van der Waals surface area contributed by atoms with Gasteiger partial charge in [-0.2, -0.15) is 0 Å². The Labute approximate surface area is 80.0 Å². The number of amides is 1. The monoisotopic (exact) mass is 195 g/mol. The van der Waals surface area contributed by atoms with Crippen molar-refractivity contribution in [1.82, 2.24) is 5.32 Å². The molecule has 5 nitrogen and oxygen atoms in total. The third kappa shape index (κ3) is 1.66. The molecule has 0 unspecified atom stereocenters. The van der Waals surface area contributed by atoms with Crippen molar-refractivity contribution in [3.8, 4) is 5.75 Å². The quantitative estimate of drug-likeness (QED) is 0.639. The Morgan fingerprint density at radius 3 is 2.50 bits per heavy atom. The Hall–Kier alpha value is -2.04. The van der Waals surface area contributed by atoms with Gasteiger partial charge in [-0.3, -0.25) is 4.79 Å². The first-order valence-electron chi connectivity index (χ1n) is 3.85. The van der Waals surface area contributed by atoms with Crippen LogP contribution in [0.25, 0.3) is 0 Å². The molecule has 1 aromatic rings. The van der Waals surface area contributed by atoms with Crippen LogP contribution in [0.5, 0.6) is 5.75 Å². The fourth-order valence-corrected chi connectivity index (χ4v) is 1.09. The van der Waals surface area contributed by atoms with Crippen molar-refractivity contribution >= 4 is 11.9 Å². The smallest absolute Gasteiger partial charge is 0.340 e. The van der Waals surface area contributed by atoms with Gasteiger partial charge in [-0.1, -0.05) is 6.07 Å². The Kier molecular flexibility index (Phi) is 2.71. The van der Waals surface area contributed by atoms with Gasteiger partial charge in [0.15, 0.2) is 0 Å². The standard InChI is InChI=1S/C9H9NO4/c1-10-8(12)5-3-2-4-6(11)7(5)9(13)14/h2-4,11H,1H3,(H,10,12)(H,13,14). The summed E-state index contributed by atoms with van der Waals surface area (Å²) in [6, 6.07) is 3.96. The predicted octanol–water partition coefficient (Wildman–Crippen LogP) is 0.450. The highest BCUT2D eigenvalue weighted by atomic mass is 16.4. The molecule has 0 aliphatic rings. The van der Waals surface area contributed by atoms with E-state index < -0.39 is 17.6 Å². The normalized spacial score (nSPS) is 9.50. The molecule has 1 amide bonds. The molecule has 0 bridgehead atoms. The van der Waals surface area contributed by atoms with Crippen LogP contribution < -0.4 is 5.32 Å². The maximum Gasteiger partial charge on any atom is 0.340 e. The van der Waals surface area contributed by atoms with Gasteiger partial charge in [0.1, 0.15) is 11.3 Å². The van der Waals surface area contributed by atoms with Crippen molar-refractivity contribution in [2.75, 3.05) is 7.05 Å². The molecular weight excluding hydrogens is 186 g/mol. The van der Waals surface area contributed by atoms with Crippen molar-refractivity contribution in [3.63, 3.8) is 0 Å². The molecule has 0 saturated heterocycles. The minimum absolute atomic E-state index is 0.0556. The van der Waals surface area contributed by atoms with Crippen molar-refractivity contribution in [2.24, 2.45) is 0 Å². The highest BCUT2D eigenvalue weighted by molar-refractivity contribution is 6.06. The summed E-state index contributed by atoms with van der Waals surface area (Å²) in [7, 11) is 1.39. The molecule has 0 aromatic heterocycles. The summed E-state index contributed by atoms with van der Waals surface area (Å²) in [6.07, 6.45) is 0. The second-order valence-corrected chi connectivity index (χ2v) is 2.58. The molecule has 0 aliphatic heterocycles. The van der Waals surface area contributed by atoms with E-state index in [9.17, 15) is 14.7 Å². The van der Waals surface area contributed by atoms with E-state index in [0.29, 0.717) is 0 Å². The Morgan fingerprint density at radius 2 is 2.00 bits per heavy atom. The number of hydrogen-bond acceptors (Lipinski definition) is 3. The number of rotatable bonds is 2. The summed E-state index contributed by atoms with van der Waals surface area (Å²) in [5, 5.41) is 20.3. The number of carboxylic acids is 1. The minimum Gasteiger partial charge on any atom is -0.507 e. The zero-order valence-electron chi connectivity index (χ0n) is 7.44. The molecule has 74 valence electrons. The SMILES string of the molecule is CNC(=O)c1cccc(O)c1C(=O)O. The van der Waals surface area contributed by atoms with Gasteiger partial charge in [-0.15, -0.1) is 0 Å². The van der Waals surface area contributed by atoms with Gasteiger partial charge in [0.25, 0.3) is 5.91 Å². The lowest BCUT2D eigenvalue weighted by Gasteiger charge is -2.05. The lowest BCUT2D eigenvalue weighted by molar-refractivity contribution is 0.0688. The van der Waals surface area contributed by atoms with E-state index in [4.69, 9.17) is 5.11 Å². The number of carboxylic acid groups (broad SMARTS) is 1. The molecular formula is C9H9NO4. The van der Waals surface area contributed by atoms with Crippen LogP contribution in [0.15, 0.2) is 18.2 Å². The highest BCUT2D eigenvalue weighted by Crippen LogP contribution is 2.20. The summed E-state index contributed by atoms with van der Waals surface area (Å²) in [5.74, 6) is -2.29. The van der Waals surface area contributed by atoms with Crippen LogP contribution in [0.1, 0.15) is 20.7 Å². The lowest BCUT2D eigenvalue weighted by Crippen LogP contribution is -2.21. The first kappa shape index (κ1) is 10.0. The molecule has 5 heteroatoms. The van der Waals surface area contributed by atoms with Crippen molar-refractivity contribution in [3.05, 3.63) is 29.3 Å².